The Morgan fingerprint density at radius 1 is 0.944 bits per heavy atom. The fourth-order valence-electron chi connectivity index (χ4n) is 2.45. The number of ether oxygens (including phenoxy) is 1. The highest BCUT2D eigenvalue weighted by Crippen LogP contribution is 2.37. The highest BCUT2D eigenvalue weighted by molar-refractivity contribution is 5.72. The minimum atomic E-state index is 0.740. The fourth-order valence-corrected chi connectivity index (χ4v) is 2.45. The number of hydrogen-bond acceptors (Lipinski definition) is 2. The summed E-state index contributed by atoms with van der Waals surface area (Å²) in [5, 5.41) is 0. The van der Waals surface area contributed by atoms with Crippen LogP contribution in [0.3, 0.4) is 0 Å². The first kappa shape index (κ1) is 11.1. The minimum absolute atomic E-state index is 0.740. The molecule has 0 aromatic heterocycles. The minimum Gasteiger partial charge on any atom is -0.490 e. The number of nitrogens with zero attached hydrogens (tertiary/aromatic N) is 1. The summed E-state index contributed by atoms with van der Waals surface area (Å²) >= 11 is 0. The van der Waals surface area contributed by atoms with E-state index in [4.69, 9.17) is 4.74 Å². The smallest absolute Gasteiger partial charge is 0.143 e. The van der Waals surface area contributed by atoms with Crippen molar-refractivity contribution in [1.82, 2.24) is 0 Å². The van der Waals surface area contributed by atoms with E-state index in [2.05, 4.69) is 49.1 Å². The largest absolute Gasteiger partial charge is 0.490 e. The van der Waals surface area contributed by atoms with Gasteiger partial charge in [0, 0.05) is 5.69 Å². The molecule has 2 aromatic rings. The Balaban J connectivity index is 2.11. The lowest BCUT2D eigenvalue weighted by Gasteiger charge is -2.32. The van der Waals surface area contributed by atoms with Gasteiger partial charge in [0.1, 0.15) is 12.4 Å². The summed E-state index contributed by atoms with van der Waals surface area (Å²) in [5.74, 6) is 0.977. The molecular formula is C16H17NO. The zero-order chi connectivity index (χ0) is 12.5. The Labute approximate surface area is 108 Å². The Bertz CT molecular complexity index is 577. The molecule has 0 atom stereocenters. The predicted octanol–water partition coefficient (Wildman–Crippen LogP) is 3.83. The molecule has 0 saturated heterocycles. The molecule has 0 bridgehead atoms. The maximum absolute atomic E-state index is 5.70. The van der Waals surface area contributed by atoms with Crippen molar-refractivity contribution in [2.24, 2.45) is 0 Å². The Kier molecular flexibility index (Phi) is 2.71. The second-order valence-electron chi connectivity index (χ2n) is 4.69. The first-order valence-corrected chi connectivity index (χ1v) is 6.33. The normalized spacial score (nSPS) is 14.0. The highest BCUT2D eigenvalue weighted by Gasteiger charge is 2.20. The molecule has 0 aliphatic carbocycles. The van der Waals surface area contributed by atoms with Gasteiger partial charge in [-0.15, -0.1) is 0 Å². The van der Waals surface area contributed by atoms with E-state index in [0.717, 1.165) is 24.6 Å². The van der Waals surface area contributed by atoms with Gasteiger partial charge in [0.25, 0.3) is 0 Å². The average Bonchev–Trinajstić information content (AvgIpc) is 2.41. The van der Waals surface area contributed by atoms with Crippen LogP contribution >= 0.6 is 0 Å². The molecule has 1 aliphatic heterocycles. The zero-order valence-electron chi connectivity index (χ0n) is 10.8. The number of rotatable bonds is 1. The predicted molar refractivity (Wildman–Crippen MR) is 74.9 cm³/mol. The third kappa shape index (κ3) is 1.74. The molecule has 1 aliphatic rings. The molecule has 0 saturated carbocycles. The average molecular weight is 239 g/mol. The number of para-hydroxylation sites is 2. The molecule has 2 aromatic carbocycles. The van der Waals surface area contributed by atoms with E-state index in [9.17, 15) is 0 Å². The van der Waals surface area contributed by atoms with Gasteiger partial charge in [0.2, 0.25) is 0 Å². The lowest BCUT2D eigenvalue weighted by molar-refractivity contribution is 0.314. The Morgan fingerprint density at radius 3 is 2.61 bits per heavy atom. The van der Waals surface area contributed by atoms with Gasteiger partial charge in [-0.3, -0.25) is 0 Å². The molecule has 0 N–H and O–H groups in total. The summed E-state index contributed by atoms with van der Waals surface area (Å²) in [6.07, 6.45) is 0. The molecule has 0 unspecified atom stereocenters. The first-order valence-electron chi connectivity index (χ1n) is 6.33. The third-order valence-electron chi connectivity index (χ3n) is 3.60. The van der Waals surface area contributed by atoms with Crippen molar-refractivity contribution in [3.05, 3.63) is 53.6 Å². The second-order valence-corrected chi connectivity index (χ2v) is 4.69. The molecule has 0 amide bonds. The number of aryl methyl sites for hydroxylation is 1. The maximum Gasteiger partial charge on any atom is 0.143 e. The highest BCUT2D eigenvalue weighted by atomic mass is 16.5. The van der Waals surface area contributed by atoms with Crippen LogP contribution in [0.4, 0.5) is 11.4 Å². The van der Waals surface area contributed by atoms with Crippen LogP contribution in [0.1, 0.15) is 11.1 Å². The van der Waals surface area contributed by atoms with Crippen molar-refractivity contribution in [3.63, 3.8) is 0 Å². The molecule has 2 nitrogen and oxygen atoms in total. The molecule has 1 heterocycles. The third-order valence-corrected chi connectivity index (χ3v) is 3.60. The van der Waals surface area contributed by atoms with Crippen LogP contribution in [0.5, 0.6) is 5.75 Å². The molecule has 3 rings (SSSR count). The standard InChI is InChI=1S/C16H17NO/c1-12-6-5-8-14(13(12)2)17-10-11-18-16-9-4-3-7-15(16)17/h3-9H,10-11H2,1-2H3. The Hall–Kier alpha value is -1.96. The summed E-state index contributed by atoms with van der Waals surface area (Å²) in [6, 6.07) is 14.7. The van der Waals surface area contributed by atoms with Crippen LogP contribution in [-0.2, 0) is 0 Å². The van der Waals surface area contributed by atoms with Crippen molar-refractivity contribution in [2.75, 3.05) is 18.1 Å². The molecule has 0 radical (unpaired) electrons. The molecular weight excluding hydrogens is 222 g/mol. The van der Waals surface area contributed by atoms with E-state index < -0.39 is 0 Å². The van der Waals surface area contributed by atoms with Gasteiger partial charge in [-0.05, 0) is 43.2 Å². The van der Waals surface area contributed by atoms with Crippen LogP contribution in [0, 0.1) is 13.8 Å². The summed E-state index contributed by atoms with van der Waals surface area (Å²) in [5.41, 5.74) is 5.12. The maximum atomic E-state index is 5.70. The number of hydrogen-bond donors (Lipinski definition) is 0. The topological polar surface area (TPSA) is 12.5 Å². The van der Waals surface area contributed by atoms with E-state index in [-0.39, 0.29) is 0 Å². The number of benzene rings is 2. The second kappa shape index (κ2) is 4.37. The molecule has 18 heavy (non-hydrogen) atoms. The van der Waals surface area contributed by atoms with Gasteiger partial charge >= 0.3 is 0 Å². The van der Waals surface area contributed by atoms with Crippen LogP contribution in [-0.4, -0.2) is 13.2 Å². The van der Waals surface area contributed by atoms with E-state index in [0.29, 0.717) is 0 Å². The van der Waals surface area contributed by atoms with Gasteiger partial charge in [-0.25, -0.2) is 0 Å². The van der Waals surface area contributed by atoms with Crippen LogP contribution in [0.2, 0.25) is 0 Å². The van der Waals surface area contributed by atoms with E-state index in [1.165, 1.54) is 16.8 Å². The van der Waals surface area contributed by atoms with Crippen molar-refractivity contribution in [3.8, 4) is 5.75 Å². The van der Waals surface area contributed by atoms with E-state index in [1.54, 1.807) is 0 Å². The van der Waals surface area contributed by atoms with Crippen LogP contribution < -0.4 is 9.64 Å². The van der Waals surface area contributed by atoms with Gasteiger partial charge in [-0.2, -0.15) is 0 Å². The van der Waals surface area contributed by atoms with Gasteiger partial charge in [0.15, 0.2) is 0 Å². The molecule has 92 valence electrons. The summed E-state index contributed by atoms with van der Waals surface area (Å²) in [4.78, 5) is 2.35. The van der Waals surface area contributed by atoms with Gasteiger partial charge in [0.05, 0.1) is 12.2 Å². The summed E-state index contributed by atoms with van der Waals surface area (Å²) in [7, 11) is 0. The number of fused-ring (bicyclic) bond motifs is 1. The zero-order valence-corrected chi connectivity index (χ0v) is 10.8. The van der Waals surface area contributed by atoms with Crippen LogP contribution in [0.25, 0.3) is 0 Å². The van der Waals surface area contributed by atoms with Crippen molar-refractivity contribution in [1.29, 1.82) is 0 Å². The molecule has 0 spiro atoms. The van der Waals surface area contributed by atoms with Gasteiger partial charge < -0.3 is 9.64 Å². The van der Waals surface area contributed by atoms with Crippen molar-refractivity contribution in [2.45, 2.75) is 13.8 Å². The molecule has 0 fully saturated rings. The first-order chi connectivity index (χ1) is 8.77. The lowest BCUT2D eigenvalue weighted by atomic mass is 10.1. The quantitative estimate of drug-likeness (QED) is 0.749. The van der Waals surface area contributed by atoms with Crippen molar-refractivity contribution < 1.29 is 4.74 Å². The van der Waals surface area contributed by atoms with E-state index >= 15 is 0 Å². The van der Waals surface area contributed by atoms with Crippen molar-refractivity contribution >= 4 is 11.4 Å². The summed E-state index contributed by atoms with van der Waals surface area (Å²) in [6.45, 7) is 5.99. The van der Waals surface area contributed by atoms with Crippen LogP contribution in [0.15, 0.2) is 42.5 Å². The van der Waals surface area contributed by atoms with Gasteiger partial charge in [-0.1, -0.05) is 24.3 Å². The fraction of sp³-hybridized carbons (Fsp3) is 0.250. The molecule has 2 heteroatoms. The Morgan fingerprint density at radius 2 is 1.72 bits per heavy atom. The monoisotopic (exact) mass is 239 g/mol. The lowest BCUT2D eigenvalue weighted by Crippen LogP contribution is -2.29. The van der Waals surface area contributed by atoms with E-state index in [1.807, 2.05) is 12.1 Å². The summed E-state index contributed by atoms with van der Waals surface area (Å²) < 4.78 is 5.70. The SMILES string of the molecule is Cc1cccc(N2CCOc3ccccc32)c1C. The number of anilines is 2.